The normalized spacial score (nSPS) is 10.5. The predicted octanol–water partition coefficient (Wildman–Crippen LogP) is 1.16. The SMILES string of the molecule is O=c1[nH]c2cc(Cl)ccc2c(=O)c(O)c1[N+](=O)[O-]. The number of halogens is 1. The number of nitrogens with one attached hydrogen (secondary N) is 1. The highest BCUT2D eigenvalue weighted by Gasteiger charge is 2.22. The van der Waals surface area contributed by atoms with Gasteiger partial charge in [-0.05, 0) is 18.2 Å². The lowest BCUT2D eigenvalue weighted by Crippen LogP contribution is -2.09. The molecule has 0 amide bonds. The van der Waals surface area contributed by atoms with E-state index >= 15 is 0 Å². The molecule has 0 saturated carbocycles. The van der Waals surface area contributed by atoms with Crippen LogP contribution in [0.15, 0.2) is 27.8 Å². The van der Waals surface area contributed by atoms with Gasteiger partial charge in [0.2, 0.25) is 11.2 Å². The zero-order chi connectivity index (χ0) is 13.4. The van der Waals surface area contributed by atoms with E-state index < -0.39 is 27.3 Å². The smallest absolute Gasteiger partial charge is 0.379 e. The van der Waals surface area contributed by atoms with Gasteiger partial charge in [-0.2, -0.15) is 0 Å². The second-order valence-corrected chi connectivity index (χ2v) is 3.86. The molecule has 8 heteroatoms. The van der Waals surface area contributed by atoms with Crippen molar-refractivity contribution < 1.29 is 10.0 Å². The fraction of sp³-hybridized carbons (Fsp3) is 0. The number of benzene rings is 1. The summed E-state index contributed by atoms with van der Waals surface area (Å²) in [5, 5.41) is 20.3. The molecule has 0 aliphatic heterocycles. The highest BCUT2D eigenvalue weighted by atomic mass is 35.5. The van der Waals surface area contributed by atoms with Crippen LogP contribution in [0.25, 0.3) is 10.9 Å². The van der Waals surface area contributed by atoms with E-state index in [1.807, 2.05) is 0 Å². The van der Waals surface area contributed by atoms with Gasteiger partial charge in [-0.3, -0.25) is 19.7 Å². The Kier molecular flexibility index (Phi) is 2.76. The van der Waals surface area contributed by atoms with Crippen LogP contribution in [-0.4, -0.2) is 15.0 Å². The maximum Gasteiger partial charge on any atom is 0.379 e. The quantitative estimate of drug-likeness (QED) is 0.595. The molecule has 1 aromatic heterocycles. The lowest BCUT2D eigenvalue weighted by molar-refractivity contribution is -0.387. The van der Waals surface area contributed by atoms with E-state index in [0.717, 1.165) is 0 Å². The van der Waals surface area contributed by atoms with Crippen molar-refractivity contribution in [2.75, 3.05) is 0 Å². The lowest BCUT2D eigenvalue weighted by Gasteiger charge is -1.91. The molecule has 0 fully saturated rings. The molecule has 1 heterocycles. The largest absolute Gasteiger partial charge is 0.499 e. The molecular formula is C10H5ClN2O5. The van der Waals surface area contributed by atoms with Gasteiger partial charge in [-0.15, -0.1) is 0 Å². The minimum atomic E-state index is -1.20. The number of hydrogen-bond donors (Lipinski definition) is 2. The summed E-state index contributed by atoms with van der Waals surface area (Å²) in [5.41, 5.74) is -3.35. The van der Waals surface area contributed by atoms with Gasteiger partial charge in [0.1, 0.15) is 0 Å². The zero-order valence-electron chi connectivity index (χ0n) is 8.64. The topological polar surface area (TPSA) is 113 Å². The van der Waals surface area contributed by atoms with Crippen LogP contribution in [0.3, 0.4) is 0 Å². The van der Waals surface area contributed by atoms with Crippen LogP contribution in [0, 0.1) is 10.1 Å². The molecule has 18 heavy (non-hydrogen) atoms. The van der Waals surface area contributed by atoms with Crippen LogP contribution in [0.5, 0.6) is 5.75 Å². The Morgan fingerprint density at radius 3 is 2.61 bits per heavy atom. The highest BCUT2D eigenvalue weighted by Crippen LogP contribution is 2.19. The number of hydrogen-bond acceptors (Lipinski definition) is 5. The van der Waals surface area contributed by atoms with Gasteiger partial charge in [0.25, 0.3) is 0 Å². The highest BCUT2D eigenvalue weighted by molar-refractivity contribution is 6.31. The van der Waals surface area contributed by atoms with Crippen LogP contribution >= 0.6 is 11.6 Å². The van der Waals surface area contributed by atoms with Gasteiger partial charge >= 0.3 is 11.2 Å². The summed E-state index contributed by atoms with van der Waals surface area (Å²) in [4.78, 5) is 35.0. The second-order valence-electron chi connectivity index (χ2n) is 3.43. The molecule has 0 atom stereocenters. The summed E-state index contributed by atoms with van der Waals surface area (Å²) in [6.45, 7) is 0. The molecule has 0 spiro atoms. The number of fused-ring (bicyclic) bond motifs is 1. The number of rotatable bonds is 1. The summed E-state index contributed by atoms with van der Waals surface area (Å²) in [5.74, 6) is -1.20. The van der Waals surface area contributed by atoms with Gasteiger partial charge in [-0.1, -0.05) is 11.6 Å². The van der Waals surface area contributed by atoms with Crippen molar-refractivity contribution in [3.8, 4) is 5.75 Å². The van der Waals surface area contributed by atoms with Crippen molar-refractivity contribution in [2.24, 2.45) is 0 Å². The Morgan fingerprint density at radius 1 is 1.33 bits per heavy atom. The number of nitro groups is 1. The molecule has 0 unspecified atom stereocenters. The number of nitrogens with zero attached hydrogens (tertiary/aromatic N) is 1. The molecule has 2 rings (SSSR count). The molecule has 0 bridgehead atoms. The first-order valence-corrected chi connectivity index (χ1v) is 5.03. The van der Waals surface area contributed by atoms with E-state index in [9.17, 15) is 24.8 Å². The Labute approximate surface area is 103 Å². The fourth-order valence-electron chi connectivity index (χ4n) is 1.51. The Bertz CT molecular complexity index is 783. The molecule has 1 aromatic carbocycles. The Balaban J connectivity index is 3.14. The fourth-order valence-corrected chi connectivity index (χ4v) is 1.68. The number of aromatic nitrogens is 1. The van der Waals surface area contributed by atoms with Gasteiger partial charge in [0.15, 0.2) is 0 Å². The molecule has 0 aliphatic carbocycles. The second kappa shape index (κ2) is 4.11. The minimum absolute atomic E-state index is 0.0147. The minimum Gasteiger partial charge on any atom is -0.499 e. The summed E-state index contributed by atoms with van der Waals surface area (Å²) in [7, 11) is 0. The van der Waals surface area contributed by atoms with Crippen LogP contribution in [-0.2, 0) is 0 Å². The molecular weight excluding hydrogens is 264 g/mol. The predicted molar refractivity (Wildman–Crippen MR) is 64.2 cm³/mol. The molecule has 2 aromatic rings. The molecule has 2 N–H and O–H groups in total. The zero-order valence-corrected chi connectivity index (χ0v) is 9.39. The summed E-state index contributed by atoms with van der Waals surface area (Å²) < 4.78 is 0. The van der Waals surface area contributed by atoms with Crippen molar-refractivity contribution in [2.45, 2.75) is 0 Å². The average Bonchev–Trinajstić information content (AvgIpc) is 2.35. The first-order chi connectivity index (χ1) is 8.41. The van der Waals surface area contributed by atoms with Gasteiger partial charge < -0.3 is 10.1 Å². The van der Waals surface area contributed by atoms with E-state index in [1.54, 1.807) is 0 Å². The number of H-pyrrole nitrogens is 1. The molecule has 7 nitrogen and oxygen atoms in total. The van der Waals surface area contributed by atoms with Crippen LogP contribution in [0.2, 0.25) is 5.02 Å². The van der Waals surface area contributed by atoms with E-state index in [0.29, 0.717) is 0 Å². The summed E-state index contributed by atoms with van der Waals surface area (Å²) in [6.07, 6.45) is 0. The van der Waals surface area contributed by atoms with Gasteiger partial charge in [-0.25, -0.2) is 0 Å². The van der Waals surface area contributed by atoms with Crippen molar-refractivity contribution in [3.63, 3.8) is 0 Å². The third-order valence-electron chi connectivity index (χ3n) is 2.31. The van der Waals surface area contributed by atoms with E-state index in [2.05, 4.69) is 4.98 Å². The van der Waals surface area contributed by atoms with E-state index in [1.165, 1.54) is 18.2 Å². The van der Waals surface area contributed by atoms with Crippen molar-refractivity contribution in [3.05, 3.63) is 53.9 Å². The summed E-state index contributed by atoms with van der Waals surface area (Å²) in [6, 6.07) is 3.90. The molecule has 0 saturated heterocycles. The maximum absolute atomic E-state index is 11.8. The average molecular weight is 269 g/mol. The molecule has 0 aliphatic rings. The van der Waals surface area contributed by atoms with Crippen LogP contribution in [0.4, 0.5) is 5.69 Å². The maximum atomic E-state index is 11.8. The number of aromatic hydroxyl groups is 1. The Hall–Kier alpha value is -2.41. The third-order valence-corrected chi connectivity index (χ3v) is 2.55. The van der Waals surface area contributed by atoms with Crippen molar-refractivity contribution >= 4 is 28.2 Å². The van der Waals surface area contributed by atoms with Crippen LogP contribution < -0.4 is 11.0 Å². The Morgan fingerprint density at radius 2 is 2.00 bits per heavy atom. The van der Waals surface area contributed by atoms with Crippen molar-refractivity contribution in [1.82, 2.24) is 4.98 Å². The monoisotopic (exact) mass is 268 g/mol. The first-order valence-electron chi connectivity index (χ1n) is 4.65. The summed E-state index contributed by atoms with van der Waals surface area (Å²) >= 11 is 5.69. The lowest BCUT2D eigenvalue weighted by atomic mass is 10.2. The standard InChI is InChI=1S/C10H5ClN2O5/c11-4-1-2-5-6(3-4)12-10(16)7(13(17)18)9(15)8(5)14/h1-3H,(H,12,16)(H,14,15). The molecule has 0 radical (unpaired) electrons. The van der Waals surface area contributed by atoms with E-state index in [4.69, 9.17) is 11.6 Å². The number of aromatic amines is 1. The molecule has 92 valence electrons. The third kappa shape index (κ3) is 1.80. The first kappa shape index (κ1) is 12.1. The van der Waals surface area contributed by atoms with Gasteiger partial charge in [0.05, 0.1) is 10.4 Å². The van der Waals surface area contributed by atoms with Gasteiger partial charge in [0, 0.05) is 10.4 Å². The van der Waals surface area contributed by atoms with Crippen LogP contribution in [0.1, 0.15) is 0 Å². The van der Waals surface area contributed by atoms with Crippen molar-refractivity contribution in [1.29, 1.82) is 0 Å². The van der Waals surface area contributed by atoms with E-state index in [-0.39, 0.29) is 15.9 Å².